The predicted molar refractivity (Wildman–Crippen MR) is 104 cm³/mol. The zero-order valence-corrected chi connectivity index (χ0v) is 16.3. The van der Waals surface area contributed by atoms with Gasteiger partial charge in [-0.05, 0) is 43.8 Å². The lowest BCUT2D eigenvalue weighted by atomic mass is 9.93. The minimum absolute atomic E-state index is 0.193. The third-order valence-electron chi connectivity index (χ3n) is 3.80. The number of halogens is 1. The monoisotopic (exact) mass is 361 g/mol. The molecule has 25 heavy (non-hydrogen) atoms. The molecule has 1 N–H and O–H groups in total. The summed E-state index contributed by atoms with van der Waals surface area (Å²) in [4.78, 5) is 6.33. The first-order valence-electron chi connectivity index (χ1n) is 8.51. The van der Waals surface area contributed by atoms with E-state index in [1.54, 1.807) is 6.20 Å². The molecule has 0 radical (unpaired) electrons. The van der Waals surface area contributed by atoms with E-state index < -0.39 is 0 Å². The van der Waals surface area contributed by atoms with Crippen molar-refractivity contribution in [2.45, 2.75) is 27.0 Å². The second-order valence-corrected chi connectivity index (χ2v) is 7.84. The Bertz CT molecular complexity index is 659. The average molecular weight is 362 g/mol. The van der Waals surface area contributed by atoms with Crippen molar-refractivity contribution in [1.82, 2.24) is 15.2 Å². The first kappa shape index (κ1) is 19.7. The topological polar surface area (TPSA) is 37.4 Å². The molecule has 0 bridgehead atoms. The number of ether oxygens (including phenoxy) is 1. The van der Waals surface area contributed by atoms with E-state index in [0.29, 0.717) is 6.61 Å². The number of aromatic nitrogens is 1. The number of benzene rings is 1. The van der Waals surface area contributed by atoms with Crippen LogP contribution in [0.25, 0.3) is 0 Å². The maximum absolute atomic E-state index is 6.17. The summed E-state index contributed by atoms with van der Waals surface area (Å²) in [7, 11) is 4.20. The molecule has 0 spiro atoms. The molecule has 0 unspecified atom stereocenters. The molecule has 2 rings (SSSR count). The van der Waals surface area contributed by atoms with Gasteiger partial charge in [-0.15, -0.1) is 0 Å². The second-order valence-electron chi connectivity index (χ2n) is 7.41. The predicted octanol–water partition coefficient (Wildman–Crippen LogP) is 3.99. The molecule has 1 aromatic carbocycles. The van der Waals surface area contributed by atoms with Gasteiger partial charge in [0.25, 0.3) is 0 Å². The van der Waals surface area contributed by atoms with Crippen molar-refractivity contribution in [1.29, 1.82) is 0 Å². The molecular weight excluding hydrogens is 334 g/mol. The summed E-state index contributed by atoms with van der Waals surface area (Å²) in [6.07, 6.45) is 3.58. The minimum Gasteiger partial charge on any atom is -0.489 e. The third-order valence-corrected chi connectivity index (χ3v) is 4.04. The molecule has 4 nitrogen and oxygen atoms in total. The Balaban J connectivity index is 1.96. The fourth-order valence-corrected chi connectivity index (χ4v) is 3.11. The smallest absolute Gasteiger partial charge is 0.124 e. The molecule has 0 fully saturated rings. The normalized spacial score (nSPS) is 11.8. The summed E-state index contributed by atoms with van der Waals surface area (Å²) in [6, 6.07) is 9.67. The van der Waals surface area contributed by atoms with Crippen molar-refractivity contribution in [2.75, 3.05) is 27.2 Å². The Morgan fingerprint density at radius 3 is 2.72 bits per heavy atom. The summed E-state index contributed by atoms with van der Waals surface area (Å²) in [6.45, 7) is 7.68. The number of hydrogen-bond acceptors (Lipinski definition) is 4. The fourth-order valence-electron chi connectivity index (χ4n) is 2.92. The summed E-state index contributed by atoms with van der Waals surface area (Å²) < 4.78 is 5.98. The third kappa shape index (κ3) is 7.02. The number of nitrogens with one attached hydrogen (secondary N) is 1. The van der Waals surface area contributed by atoms with Gasteiger partial charge in [0.15, 0.2) is 0 Å². The SMILES string of the molecule is CN(C)CC(C)(C)CNCc1cc(Cl)ccc1OCc1cccnc1. The van der Waals surface area contributed by atoms with E-state index in [1.165, 1.54) is 0 Å². The molecule has 0 aliphatic rings. The van der Waals surface area contributed by atoms with Gasteiger partial charge in [-0.1, -0.05) is 31.5 Å². The van der Waals surface area contributed by atoms with E-state index in [0.717, 1.165) is 41.5 Å². The summed E-state index contributed by atoms with van der Waals surface area (Å²) in [5.74, 6) is 0.853. The molecule has 0 amide bonds. The van der Waals surface area contributed by atoms with E-state index in [9.17, 15) is 0 Å². The number of pyridine rings is 1. The van der Waals surface area contributed by atoms with Gasteiger partial charge in [0.2, 0.25) is 0 Å². The van der Waals surface area contributed by atoms with Gasteiger partial charge in [0, 0.05) is 48.2 Å². The van der Waals surface area contributed by atoms with Gasteiger partial charge in [-0.2, -0.15) is 0 Å². The van der Waals surface area contributed by atoms with Crippen molar-refractivity contribution in [3.8, 4) is 5.75 Å². The maximum atomic E-state index is 6.17. The van der Waals surface area contributed by atoms with E-state index in [2.05, 4.69) is 43.1 Å². The number of hydrogen-bond donors (Lipinski definition) is 1. The maximum Gasteiger partial charge on any atom is 0.124 e. The molecule has 2 aromatic rings. The van der Waals surface area contributed by atoms with Crippen molar-refractivity contribution in [3.63, 3.8) is 0 Å². The fraction of sp³-hybridized carbons (Fsp3) is 0.450. The number of nitrogens with zero attached hydrogens (tertiary/aromatic N) is 2. The lowest BCUT2D eigenvalue weighted by molar-refractivity contribution is 0.231. The van der Waals surface area contributed by atoms with Crippen LogP contribution in [0.15, 0.2) is 42.7 Å². The van der Waals surface area contributed by atoms with Crippen molar-refractivity contribution in [3.05, 3.63) is 58.9 Å². The minimum atomic E-state index is 0.193. The van der Waals surface area contributed by atoms with Crippen LogP contribution in [0.3, 0.4) is 0 Å². The summed E-state index contributed by atoms with van der Waals surface area (Å²) >= 11 is 6.17. The highest BCUT2D eigenvalue weighted by atomic mass is 35.5. The largest absolute Gasteiger partial charge is 0.489 e. The molecule has 0 aliphatic carbocycles. The molecule has 136 valence electrons. The first-order valence-corrected chi connectivity index (χ1v) is 8.89. The van der Waals surface area contributed by atoms with Crippen molar-refractivity contribution in [2.24, 2.45) is 5.41 Å². The summed E-state index contributed by atoms with van der Waals surface area (Å²) in [5, 5.41) is 4.26. The summed E-state index contributed by atoms with van der Waals surface area (Å²) in [5.41, 5.74) is 2.30. The van der Waals surface area contributed by atoms with Crippen LogP contribution in [0.5, 0.6) is 5.75 Å². The molecule has 0 atom stereocenters. The Hall–Kier alpha value is -1.62. The van der Waals surface area contributed by atoms with Crippen LogP contribution in [0, 0.1) is 5.41 Å². The molecular formula is C20H28ClN3O. The van der Waals surface area contributed by atoms with Gasteiger partial charge in [0.05, 0.1) is 0 Å². The standard InChI is InChI=1S/C20H28ClN3O/c1-20(2,15-24(3)4)14-23-12-17-10-18(21)7-8-19(17)25-13-16-6-5-9-22-11-16/h5-11,23H,12-15H2,1-4H3. The van der Waals surface area contributed by atoms with Crippen molar-refractivity contribution >= 4 is 11.6 Å². The van der Waals surface area contributed by atoms with Crippen LogP contribution < -0.4 is 10.1 Å². The highest BCUT2D eigenvalue weighted by Gasteiger charge is 2.18. The van der Waals surface area contributed by atoms with Crippen LogP contribution >= 0.6 is 11.6 Å². The molecule has 0 saturated heterocycles. The Kier molecular flexibility index (Phi) is 7.24. The zero-order valence-electron chi connectivity index (χ0n) is 15.6. The Morgan fingerprint density at radius 1 is 1.24 bits per heavy atom. The van der Waals surface area contributed by atoms with Crippen LogP contribution in [0.1, 0.15) is 25.0 Å². The van der Waals surface area contributed by atoms with Crippen LogP contribution in [0.2, 0.25) is 5.02 Å². The van der Waals surface area contributed by atoms with Crippen LogP contribution in [0.4, 0.5) is 0 Å². The van der Waals surface area contributed by atoms with Crippen molar-refractivity contribution < 1.29 is 4.74 Å². The lowest BCUT2D eigenvalue weighted by Gasteiger charge is -2.28. The van der Waals surface area contributed by atoms with Gasteiger partial charge >= 0.3 is 0 Å². The van der Waals surface area contributed by atoms with E-state index in [1.807, 2.05) is 36.5 Å². The number of rotatable bonds is 9. The quantitative estimate of drug-likeness (QED) is 0.732. The Labute approximate surface area is 156 Å². The highest BCUT2D eigenvalue weighted by molar-refractivity contribution is 6.30. The zero-order chi connectivity index (χ0) is 18.3. The van der Waals surface area contributed by atoms with Gasteiger partial charge in [-0.25, -0.2) is 0 Å². The molecule has 0 aliphatic heterocycles. The average Bonchev–Trinajstić information content (AvgIpc) is 2.53. The van der Waals surface area contributed by atoms with Crippen LogP contribution in [-0.4, -0.2) is 37.1 Å². The Morgan fingerprint density at radius 2 is 2.04 bits per heavy atom. The van der Waals surface area contributed by atoms with E-state index in [-0.39, 0.29) is 5.41 Å². The van der Waals surface area contributed by atoms with E-state index in [4.69, 9.17) is 16.3 Å². The van der Waals surface area contributed by atoms with Gasteiger partial charge in [0.1, 0.15) is 12.4 Å². The van der Waals surface area contributed by atoms with Gasteiger partial charge < -0.3 is 15.0 Å². The molecule has 0 saturated carbocycles. The second kappa shape index (κ2) is 9.18. The molecule has 1 heterocycles. The molecule has 1 aromatic heterocycles. The lowest BCUT2D eigenvalue weighted by Crippen LogP contribution is -2.37. The first-order chi connectivity index (χ1) is 11.9. The van der Waals surface area contributed by atoms with Gasteiger partial charge in [-0.3, -0.25) is 4.98 Å². The van der Waals surface area contributed by atoms with Crippen LogP contribution in [-0.2, 0) is 13.2 Å². The van der Waals surface area contributed by atoms with E-state index >= 15 is 0 Å². The molecule has 5 heteroatoms. The highest BCUT2D eigenvalue weighted by Crippen LogP contribution is 2.24.